The van der Waals surface area contributed by atoms with E-state index in [2.05, 4.69) is 24.5 Å². The Morgan fingerprint density at radius 1 is 1.05 bits per heavy atom. The normalized spacial score (nSPS) is 17.8. The van der Waals surface area contributed by atoms with Gasteiger partial charge in [-0.3, -0.25) is 9.59 Å². The van der Waals surface area contributed by atoms with E-state index in [9.17, 15) is 14.0 Å². The molecule has 1 heterocycles. The second kappa shape index (κ2) is 11.0. The number of benzene rings is 3. The summed E-state index contributed by atoms with van der Waals surface area (Å²) in [5.74, 6) is 0.659. The molecule has 5 rings (SSSR count). The number of carbonyl (C=O) groups excluding carboxylic acids is 2. The second-order valence-electron chi connectivity index (χ2n) is 11.0. The van der Waals surface area contributed by atoms with Crippen molar-refractivity contribution in [1.29, 1.82) is 0 Å². The van der Waals surface area contributed by atoms with Gasteiger partial charge in [-0.1, -0.05) is 38.1 Å². The van der Waals surface area contributed by atoms with E-state index in [0.717, 1.165) is 28.2 Å². The molecule has 2 N–H and O–H groups in total. The van der Waals surface area contributed by atoms with Crippen LogP contribution in [0, 0.1) is 11.2 Å². The quantitative estimate of drug-likeness (QED) is 0.394. The van der Waals surface area contributed by atoms with E-state index in [0.29, 0.717) is 29.9 Å². The van der Waals surface area contributed by atoms with Crippen LogP contribution in [0.5, 0.6) is 11.5 Å². The first kappa shape index (κ1) is 27.2. The molecule has 1 unspecified atom stereocenters. The Morgan fingerprint density at radius 2 is 1.80 bits per heavy atom. The zero-order valence-corrected chi connectivity index (χ0v) is 23.2. The first-order valence-electron chi connectivity index (χ1n) is 13.3. The van der Waals surface area contributed by atoms with Gasteiger partial charge < -0.3 is 25.0 Å². The molecule has 208 valence electrons. The largest absolute Gasteiger partial charge is 0.497 e. The molecule has 8 heteroatoms. The fraction of sp³-hybridized carbons (Fsp3) is 0.312. The number of halogens is 1. The number of Topliss-reactive ketones (excluding diaryl/α,β-unsaturated/α-hetero) is 1. The third kappa shape index (κ3) is 5.52. The number of amides is 1. The summed E-state index contributed by atoms with van der Waals surface area (Å²) in [5, 5.41) is 6.51. The molecular formula is C32H34FN3O4. The number of allylic oxidation sites excluding steroid dienone is 1. The fourth-order valence-electron chi connectivity index (χ4n) is 5.61. The number of rotatable bonds is 7. The van der Waals surface area contributed by atoms with Crippen LogP contribution in [-0.4, -0.2) is 32.5 Å². The maximum absolute atomic E-state index is 13.9. The Hall–Kier alpha value is -4.33. The number of para-hydroxylation sites is 2. The Morgan fingerprint density at radius 3 is 2.52 bits per heavy atom. The maximum atomic E-state index is 13.9. The molecule has 3 aromatic rings. The monoisotopic (exact) mass is 543 g/mol. The number of nitrogens with zero attached hydrogens (tertiary/aromatic N) is 1. The molecule has 0 fully saturated rings. The molecule has 0 spiro atoms. The minimum absolute atomic E-state index is 0.0206. The molecule has 1 aliphatic heterocycles. The summed E-state index contributed by atoms with van der Waals surface area (Å²) in [6.45, 7) is 4.42. The number of anilines is 2. The summed E-state index contributed by atoms with van der Waals surface area (Å²) in [6.07, 6.45) is 1.07. The van der Waals surface area contributed by atoms with Crippen LogP contribution in [0.2, 0.25) is 0 Å². The average Bonchev–Trinajstić information content (AvgIpc) is 3.06. The lowest BCUT2D eigenvalue weighted by molar-refractivity contribution is -0.121. The molecule has 1 amide bonds. The van der Waals surface area contributed by atoms with E-state index in [1.807, 2.05) is 41.3 Å². The molecule has 0 aromatic heterocycles. The van der Waals surface area contributed by atoms with Crippen molar-refractivity contribution < 1.29 is 23.5 Å². The van der Waals surface area contributed by atoms with Gasteiger partial charge in [0.05, 0.1) is 38.2 Å². The molecule has 2 aliphatic rings. The molecule has 40 heavy (non-hydrogen) atoms. The molecule has 7 nitrogen and oxygen atoms in total. The van der Waals surface area contributed by atoms with Crippen molar-refractivity contribution in [3.63, 3.8) is 0 Å². The van der Waals surface area contributed by atoms with Gasteiger partial charge in [0.25, 0.3) is 0 Å². The Bertz CT molecular complexity index is 1470. The van der Waals surface area contributed by atoms with Crippen LogP contribution in [-0.2, 0) is 16.1 Å². The van der Waals surface area contributed by atoms with Gasteiger partial charge >= 0.3 is 0 Å². The summed E-state index contributed by atoms with van der Waals surface area (Å²) in [6, 6.07) is 18.7. The highest BCUT2D eigenvalue weighted by molar-refractivity contribution is 6.02. The van der Waals surface area contributed by atoms with Crippen LogP contribution in [0.15, 0.2) is 78.0 Å². The predicted molar refractivity (Wildman–Crippen MR) is 153 cm³/mol. The maximum Gasteiger partial charge on any atom is 0.239 e. The van der Waals surface area contributed by atoms with Crippen LogP contribution in [0.3, 0.4) is 0 Å². The molecule has 0 saturated carbocycles. The van der Waals surface area contributed by atoms with Crippen molar-refractivity contribution >= 4 is 23.1 Å². The summed E-state index contributed by atoms with van der Waals surface area (Å²) >= 11 is 0. The first-order valence-corrected chi connectivity index (χ1v) is 13.3. The lowest BCUT2D eigenvalue weighted by Crippen LogP contribution is -2.42. The molecular weight excluding hydrogens is 509 g/mol. The van der Waals surface area contributed by atoms with E-state index in [4.69, 9.17) is 9.47 Å². The topological polar surface area (TPSA) is 79.9 Å². The van der Waals surface area contributed by atoms with Crippen LogP contribution >= 0.6 is 0 Å². The Labute approximate surface area is 234 Å². The SMILES string of the molecule is COc1ccc(C2C3=C(CC(C)(C)CC3=O)Nc3ccccc3N2CC(=O)NCc2ccc(F)cc2)c(OC)c1. The lowest BCUT2D eigenvalue weighted by Gasteiger charge is -2.38. The van der Waals surface area contributed by atoms with Crippen molar-refractivity contribution in [1.82, 2.24) is 5.32 Å². The number of methoxy groups -OCH3 is 2. The molecule has 1 aliphatic carbocycles. The number of fused-ring (bicyclic) bond motifs is 1. The van der Waals surface area contributed by atoms with Crippen molar-refractivity contribution in [3.05, 3.63) is 94.9 Å². The number of carbonyl (C=O) groups is 2. The van der Waals surface area contributed by atoms with Gasteiger partial charge in [-0.05, 0) is 53.8 Å². The third-order valence-corrected chi connectivity index (χ3v) is 7.46. The lowest BCUT2D eigenvalue weighted by atomic mass is 9.73. The summed E-state index contributed by atoms with van der Waals surface area (Å²) in [4.78, 5) is 29.3. The van der Waals surface area contributed by atoms with Crippen LogP contribution < -0.4 is 25.0 Å². The minimum Gasteiger partial charge on any atom is -0.497 e. The number of ether oxygens (including phenoxy) is 2. The van der Waals surface area contributed by atoms with Gasteiger partial charge in [-0.2, -0.15) is 0 Å². The highest BCUT2D eigenvalue weighted by atomic mass is 19.1. The summed E-state index contributed by atoms with van der Waals surface area (Å²) in [7, 11) is 3.17. The fourth-order valence-corrected chi connectivity index (χ4v) is 5.61. The van der Waals surface area contributed by atoms with E-state index in [1.54, 1.807) is 32.4 Å². The van der Waals surface area contributed by atoms with E-state index in [-0.39, 0.29) is 36.0 Å². The van der Waals surface area contributed by atoms with Crippen molar-refractivity contribution in [2.24, 2.45) is 5.41 Å². The molecule has 0 bridgehead atoms. The van der Waals surface area contributed by atoms with Crippen molar-refractivity contribution in [2.75, 3.05) is 31.0 Å². The van der Waals surface area contributed by atoms with Crippen LogP contribution in [0.1, 0.15) is 43.9 Å². The van der Waals surface area contributed by atoms with Gasteiger partial charge in [0.1, 0.15) is 17.3 Å². The van der Waals surface area contributed by atoms with E-state index in [1.165, 1.54) is 12.1 Å². The smallest absolute Gasteiger partial charge is 0.239 e. The first-order chi connectivity index (χ1) is 19.2. The van der Waals surface area contributed by atoms with Gasteiger partial charge in [0.2, 0.25) is 5.91 Å². The average molecular weight is 544 g/mol. The van der Waals surface area contributed by atoms with Crippen molar-refractivity contribution in [2.45, 2.75) is 39.3 Å². The van der Waals surface area contributed by atoms with Gasteiger partial charge in [0, 0.05) is 35.9 Å². The second-order valence-corrected chi connectivity index (χ2v) is 11.0. The predicted octanol–water partition coefficient (Wildman–Crippen LogP) is 5.78. The van der Waals surface area contributed by atoms with Crippen molar-refractivity contribution in [3.8, 4) is 11.5 Å². The third-order valence-electron chi connectivity index (χ3n) is 7.46. The zero-order valence-electron chi connectivity index (χ0n) is 23.2. The van der Waals surface area contributed by atoms with Gasteiger partial charge in [0.15, 0.2) is 5.78 Å². The molecule has 0 radical (unpaired) electrons. The Kier molecular flexibility index (Phi) is 7.52. The van der Waals surface area contributed by atoms with Crippen LogP contribution in [0.25, 0.3) is 0 Å². The standard InChI is InChI=1S/C32H34FN3O4/c1-32(2)16-25-30(27(37)17-32)31(23-14-13-22(39-3)15-28(23)40-4)36(26-8-6-5-7-24(26)35-25)19-29(38)34-18-20-9-11-21(33)12-10-20/h5-15,31,35H,16-19H2,1-4H3,(H,34,38). The number of ketones is 1. The van der Waals surface area contributed by atoms with Gasteiger partial charge in [-0.15, -0.1) is 0 Å². The minimum atomic E-state index is -0.591. The number of hydrogen-bond acceptors (Lipinski definition) is 6. The summed E-state index contributed by atoms with van der Waals surface area (Å²) < 4.78 is 24.6. The molecule has 1 atom stereocenters. The van der Waals surface area contributed by atoms with Gasteiger partial charge in [-0.25, -0.2) is 4.39 Å². The highest BCUT2D eigenvalue weighted by Crippen LogP contribution is 2.49. The van der Waals surface area contributed by atoms with E-state index >= 15 is 0 Å². The van der Waals surface area contributed by atoms with Crippen LogP contribution in [0.4, 0.5) is 15.8 Å². The Balaban J connectivity index is 1.61. The molecule has 0 saturated heterocycles. The molecule has 3 aromatic carbocycles. The summed E-state index contributed by atoms with van der Waals surface area (Å²) in [5.41, 5.74) is 4.43. The zero-order chi connectivity index (χ0) is 28.4. The van der Waals surface area contributed by atoms with E-state index < -0.39 is 6.04 Å². The highest BCUT2D eigenvalue weighted by Gasteiger charge is 2.42. The number of hydrogen-bond donors (Lipinski definition) is 2. The number of nitrogens with one attached hydrogen (secondary N) is 2.